The van der Waals surface area contributed by atoms with Crippen LogP contribution in [0.5, 0.6) is 0 Å². The number of benzene rings is 1. The highest BCUT2D eigenvalue weighted by molar-refractivity contribution is 6.30. The van der Waals surface area contributed by atoms with Crippen molar-refractivity contribution in [1.29, 1.82) is 0 Å². The minimum atomic E-state index is -0.633. The quantitative estimate of drug-likeness (QED) is 0.838. The topological polar surface area (TPSA) is 35.6 Å². The normalized spacial score (nSPS) is 19.4. The summed E-state index contributed by atoms with van der Waals surface area (Å²) in [6.07, 6.45) is 0. The van der Waals surface area contributed by atoms with Crippen molar-refractivity contribution in [2.45, 2.75) is 5.38 Å². The molecule has 0 aliphatic carbocycles. The molecule has 0 bridgehead atoms. The summed E-state index contributed by atoms with van der Waals surface area (Å²) < 4.78 is 0. The fourth-order valence-corrected chi connectivity index (χ4v) is 2.10. The number of carbonyl (C=O) groups is 1. The van der Waals surface area contributed by atoms with E-state index < -0.39 is 5.38 Å². The van der Waals surface area contributed by atoms with E-state index in [1.165, 1.54) is 0 Å². The van der Waals surface area contributed by atoms with Gasteiger partial charge in [-0.15, -0.1) is 11.6 Å². The van der Waals surface area contributed by atoms with Gasteiger partial charge < -0.3 is 4.90 Å². The molecule has 5 heteroatoms. The Kier molecular flexibility index (Phi) is 4.58. The molecule has 0 unspecified atom stereocenters. The highest BCUT2D eigenvalue weighted by Crippen LogP contribution is 2.20. The van der Waals surface area contributed by atoms with Crippen molar-refractivity contribution in [3.63, 3.8) is 0 Å². The number of carbonyl (C=O) groups excluding carboxylic acids is 1. The molecule has 1 amide bonds. The van der Waals surface area contributed by atoms with Crippen molar-refractivity contribution in [3.05, 3.63) is 35.9 Å². The van der Waals surface area contributed by atoms with Crippen LogP contribution < -0.4 is 5.43 Å². The van der Waals surface area contributed by atoms with Crippen LogP contribution >= 0.6 is 11.6 Å². The van der Waals surface area contributed by atoms with Crippen molar-refractivity contribution in [2.24, 2.45) is 0 Å². The Labute approximate surface area is 112 Å². The van der Waals surface area contributed by atoms with Crippen LogP contribution in [0.3, 0.4) is 0 Å². The van der Waals surface area contributed by atoms with Gasteiger partial charge in [-0.1, -0.05) is 30.3 Å². The van der Waals surface area contributed by atoms with E-state index in [9.17, 15) is 4.79 Å². The average Bonchev–Trinajstić information content (AvgIpc) is 2.41. The number of piperazine rings is 1. The molecule has 98 valence electrons. The third kappa shape index (κ3) is 3.45. The zero-order chi connectivity index (χ0) is 13.0. The fourth-order valence-electron chi connectivity index (χ4n) is 1.90. The number of alkyl halides is 1. The van der Waals surface area contributed by atoms with E-state index in [4.69, 9.17) is 11.6 Å². The first-order chi connectivity index (χ1) is 8.66. The SMILES string of the molecule is CN1CCN(NC(=O)[C@@H](Cl)c2ccccc2)CC1. The summed E-state index contributed by atoms with van der Waals surface area (Å²) in [5.74, 6) is -0.160. The molecule has 0 spiro atoms. The second-order valence-electron chi connectivity index (χ2n) is 4.54. The minimum Gasteiger partial charge on any atom is -0.304 e. The molecule has 1 aromatic carbocycles. The number of nitrogens with one attached hydrogen (secondary N) is 1. The first-order valence-corrected chi connectivity index (χ1v) is 6.53. The molecule has 1 N–H and O–H groups in total. The molecule has 0 radical (unpaired) electrons. The minimum absolute atomic E-state index is 0.160. The standard InChI is InChI=1S/C13H18ClN3O/c1-16-7-9-17(10-8-16)15-13(18)12(14)11-5-3-2-4-6-11/h2-6,12H,7-10H2,1H3,(H,15,18)/t12-/m0/s1. The van der Waals surface area contributed by atoms with Gasteiger partial charge in [0.05, 0.1) is 0 Å². The second-order valence-corrected chi connectivity index (χ2v) is 4.98. The molecule has 1 aliphatic heterocycles. The number of halogens is 1. The van der Waals surface area contributed by atoms with Crippen LogP contribution in [0, 0.1) is 0 Å². The molecule has 1 atom stereocenters. The van der Waals surface area contributed by atoms with Gasteiger partial charge in [0.25, 0.3) is 5.91 Å². The molecule has 0 saturated carbocycles. The summed E-state index contributed by atoms with van der Waals surface area (Å²) in [6.45, 7) is 3.58. The van der Waals surface area contributed by atoms with E-state index in [2.05, 4.69) is 17.4 Å². The maximum atomic E-state index is 12.0. The van der Waals surface area contributed by atoms with Crippen LogP contribution in [-0.2, 0) is 4.79 Å². The van der Waals surface area contributed by atoms with Gasteiger partial charge in [-0.05, 0) is 12.6 Å². The summed E-state index contributed by atoms with van der Waals surface area (Å²) in [4.78, 5) is 14.2. The van der Waals surface area contributed by atoms with Gasteiger partial charge in [0.15, 0.2) is 0 Å². The number of likely N-dealkylation sites (N-methyl/N-ethyl adjacent to an activating group) is 1. The van der Waals surface area contributed by atoms with Gasteiger partial charge in [0.1, 0.15) is 5.38 Å². The van der Waals surface area contributed by atoms with Crippen molar-refractivity contribution in [3.8, 4) is 0 Å². The molecular formula is C13H18ClN3O. The molecular weight excluding hydrogens is 250 g/mol. The van der Waals surface area contributed by atoms with E-state index >= 15 is 0 Å². The van der Waals surface area contributed by atoms with Crippen LogP contribution in [0.4, 0.5) is 0 Å². The third-order valence-electron chi connectivity index (χ3n) is 3.09. The molecule has 18 heavy (non-hydrogen) atoms. The molecule has 1 heterocycles. The largest absolute Gasteiger partial charge is 0.304 e. The molecule has 1 aromatic rings. The smallest absolute Gasteiger partial charge is 0.256 e. The van der Waals surface area contributed by atoms with Crippen molar-refractivity contribution >= 4 is 17.5 Å². The molecule has 2 rings (SSSR count). The summed E-state index contributed by atoms with van der Waals surface area (Å²) in [7, 11) is 2.08. The number of rotatable bonds is 3. The summed E-state index contributed by atoms with van der Waals surface area (Å²) >= 11 is 6.16. The first kappa shape index (κ1) is 13.3. The zero-order valence-corrected chi connectivity index (χ0v) is 11.2. The van der Waals surface area contributed by atoms with Gasteiger partial charge in [-0.3, -0.25) is 10.2 Å². The Balaban J connectivity index is 1.88. The molecule has 0 aromatic heterocycles. The van der Waals surface area contributed by atoms with Crippen molar-refractivity contribution in [2.75, 3.05) is 33.2 Å². The Morgan fingerprint density at radius 1 is 1.22 bits per heavy atom. The number of nitrogens with zero attached hydrogens (tertiary/aromatic N) is 2. The first-order valence-electron chi connectivity index (χ1n) is 6.10. The lowest BCUT2D eigenvalue weighted by atomic mass is 10.1. The predicted octanol–water partition coefficient (Wildman–Crippen LogP) is 1.25. The van der Waals surface area contributed by atoms with E-state index in [1.807, 2.05) is 35.3 Å². The van der Waals surface area contributed by atoms with Gasteiger partial charge in [-0.25, -0.2) is 5.01 Å². The van der Waals surface area contributed by atoms with Gasteiger partial charge in [-0.2, -0.15) is 0 Å². The monoisotopic (exact) mass is 267 g/mol. The lowest BCUT2D eigenvalue weighted by Gasteiger charge is -2.32. The summed E-state index contributed by atoms with van der Waals surface area (Å²) in [6, 6.07) is 9.40. The van der Waals surface area contributed by atoms with Crippen LogP contribution in [0.1, 0.15) is 10.9 Å². The maximum Gasteiger partial charge on any atom is 0.256 e. The van der Waals surface area contributed by atoms with Crippen molar-refractivity contribution in [1.82, 2.24) is 15.3 Å². The van der Waals surface area contributed by atoms with E-state index in [0.717, 1.165) is 31.7 Å². The van der Waals surface area contributed by atoms with E-state index in [0.29, 0.717) is 0 Å². The zero-order valence-electron chi connectivity index (χ0n) is 10.5. The lowest BCUT2D eigenvalue weighted by Crippen LogP contribution is -2.53. The lowest BCUT2D eigenvalue weighted by molar-refractivity contribution is -0.126. The van der Waals surface area contributed by atoms with Crippen LogP contribution in [-0.4, -0.2) is 49.0 Å². The second kappa shape index (κ2) is 6.18. The molecule has 1 fully saturated rings. The average molecular weight is 268 g/mol. The van der Waals surface area contributed by atoms with Gasteiger partial charge in [0.2, 0.25) is 0 Å². The van der Waals surface area contributed by atoms with E-state index in [-0.39, 0.29) is 5.91 Å². The van der Waals surface area contributed by atoms with Crippen LogP contribution in [0.25, 0.3) is 0 Å². The maximum absolute atomic E-state index is 12.0. The number of hydrazine groups is 1. The Hall–Kier alpha value is -1.10. The molecule has 4 nitrogen and oxygen atoms in total. The fraction of sp³-hybridized carbons (Fsp3) is 0.462. The summed E-state index contributed by atoms with van der Waals surface area (Å²) in [5.41, 5.74) is 3.70. The molecule has 1 aliphatic rings. The van der Waals surface area contributed by atoms with Crippen LogP contribution in [0.2, 0.25) is 0 Å². The highest BCUT2D eigenvalue weighted by Gasteiger charge is 2.21. The van der Waals surface area contributed by atoms with Crippen molar-refractivity contribution < 1.29 is 4.79 Å². The van der Waals surface area contributed by atoms with Gasteiger partial charge >= 0.3 is 0 Å². The highest BCUT2D eigenvalue weighted by atomic mass is 35.5. The predicted molar refractivity (Wildman–Crippen MR) is 72.2 cm³/mol. The van der Waals surface area contributed by atoms with E-state index in [1.54, 1.807) is 0 Å². The van der Waals surface area contributed by atoms with Gasteiger partial charge in [0, 0.05) is 26.2 Å². The molecule has 1 saturated heterocycles. The number of hydrogen-bond donors (Lipinski definition) is 1. The number of amides is 1. The number of hydrogen-bond acceptors (Lipinski definition) is 3. The summed E-state index contributed by atoms with van der Waals surface area (Å²) in [5, 5.41) is 1.30. The Morgan fingerprint density at radius 2 is 1.83 bits per heavy atom. The van der Waals surface area contributed by atoms with Crippen LogP contribution in [0.15, 0.2) is 30.3 Å². The Bertz CT molecular complexity index is 390. The third-order valence-corrected chi connectivity index (χ3v) is 3.54. The Morgan fingerprint density at radius 3 is 2.44 bits per heavy atom.